The van der Waals surface area contributed by atoms with E-state index >= 15 is 0 Å². The number of aliphatic imine (C=N–C) groups is 1. The van der Waals surface area contributed by atoms with E-state index in [9.17, 15) is 4.79 Å². The van der Waals surface area contributed by atoms with Crippen LogP contribution in [0.4, 0.5) is 5.69 Å². The van der Waals surface area contributed by atoms with Crippen LogP contribution in [0.1, 0.15) is 27.4 Å². The van der Waals surface area contributed by atoms with Gasteiger partial charge in [-0.3, -0.25) is 14.5 Å². The minimum atomic E-state index is -0.247. The zero-order valence-corrected chi connectivity index (χ0v) is 13.6. The van der Waals surface area contributed by atoms with E-state index in [1.54, 1.807) is 37.9 Å². The highest BCUT2D eigenvalue weighted by Gasteiger charge is 2.16. The van der Waals surface area contributed by atoms with Crippen molar-refractivity contribution in [3.8, 4) is 0 Å². The molecule has 0 radical (unpaired) electrons. The molecular weight excluding hydrogens is 304 g/mol. The number of rotatable bonds is 5. The molecule has 1 aromatic carbocycles. The number of nitrogens with one attached hydrogen (secondary N) is 1. The molecule has 24 heavy (non-hydrogen) atoms. The third-order valence-corrected chi connectivity index (χ3v) is 3.53. The average molecular weight is 322 g/mol. The molecule has 0 saturated carbocycles. The number of amides is 1. The highest BCUT2D eigenvalue weighted by atomic mass is 16.3. The van der Waals surface area contributed by atoms with Crippen molar-refractivity contribution >= 4 is 17.8 Å². The quantitative estimate of drug-likeness (QED) is 0.734. The zero-order chi connectivity index (χ0) is 16.9. The van der Waals surface area contributed by atoms with Crippen LogP contribution < -0.4 is 5.32 Å². The Kier molecular flexibility index (Phi) is 4.56. The Morgan fingerprint density at radius 3 is 3.00 bits per heavy atom. The zero-order valence-electron chi connectivity index (χ0n) is 13.6. The number of nitrogens with zero attached hydrogens (tertiary/aromatic N) is 3. The maximum absolute atomic E-state index is 12.4. The molecule has 6 nitrogen and oxygen atoms in total. The summed E-state index contributed by atoms with van der Waals surface area (Å²) < 4.78 is 6.73. The van der Waals surface area contributed by atoms with Crippen LogP contribution in [0.15, 0.2) is 58.3 Å². The van der Waals surface area contributed by atoms with Crippen molar-refractivity contribution in [2.45, 2.75) is 13.5 Å². The van der Waals surface area contributed by atoms with Crippen molar-refractivity contribution in [1.29, 1.82) is 0 Å². The molecule has 1 N–H and O–H groups in total. The number of furan rings is 1. The van der Waals surface area contributed by atoms with E-state index in [-0.39, 0.29) is 5.91 Å². The second-order valence-electron chi connectivity index (χ2n) is 5.44. The summed E-state index contributed by atoms with van der Waals surface area (Å²) in [7, 11) is 1.72. The van der Waals surface area contributed by atoms with Crippen LogP contribution in [0.5, 0.6) is 0 Å². The van der Waals surface area contributed by atoms with E-state index < -0.39 is 0 Å². The Labute approximate surface area is 139 Å². The summed E-state index contributed by atoms with van der Waals surface area (Å²) in [6.07, 6.45) is 4.88. The highest BCUT2D eigenvalue weighted by Crippen LogP contribution is 2.18. The van der Waals surface area contributed by atoms with Crippen LogP contribution in [0.3, 0.4) is 0 Å². The third-order valence-electron chi connectivity index (χ3n) is 3.53. The molecule has 2 heterocycles. The molecular formula is C18H18N4O2. The van der Waals surface area contributed by atoms with Gasteiger partial charge >= 0.3 is 0 Å². The van der Waals surface area contributed by atoms with Crippen molar-refractivity contribution in [1.82, 2.24) is 15.1 Å². The first-order valence-electron chi connectivity index (χ1n) is 7.57. The lowest BCUT2D eigenvalue weighted by molar-refractivity contribution is 0.0939. The van der Waals surface area contributed by atoms with Gasteiger partial charge in [0.25, 0.3) is 5.91 Å². The van der Waals surface area contributed by atoms with Crippen molar-refractivity contribution < 1.29 is 9.21 Å². The molecule has 0 spiro atoms. The molecule has 2 aromatic heterocycles. The van der Waals surface area contributed by atoms with Gasteiger partial charge in [0.15, 0.2) is 5.69 Å². The first kappa shape index (κ1) is 15.7. The molecule has 122 valence electrons. The third kappa shape index (κ3) is 3.60. The summed E-state index contributed by atoms with van der Waals surface area (Å²) in [6, 6.07) is 11.6. The topological polar surface area (TPSA) is 72.4 Å². The highest BCUT2D eigenvalue weighted by molar-refractivity contribution is 5.98. The fourth-order valence-electron chi connectivity index (χ4n) is 2.34. The Morgan fingerprint density at radius 2 is 2.25 bits per heavy atom. The Morgan fingerprint density at radius 1 is 1.38 bits per heavy atom. The second kappa shape index (κ2) is 6.95. The lowest BCUT2D eigenvalue weighted by atomic mass is 10.1. The predicted molar refractivity (Wildman–Crippen MR) is 91.5 cm³/mol. The number of aromatic nitrogens is 2. The maximum atomic E-state index is 12.4. The van der Waals surface area contributed by atoms with Gasteiger partial charge in [-0.15, -0.1) is 0 Å². The molecule has 6 heteroatoms. The molecule has 0 fully saturated rings. The minimum Gasteiger partial charge on any atom is -0.467 e. The van der Waals surface area contributed by atoms with E-state index in [0.717, 1.165) is 11.1 Å². The van der Waals surface area contributed by atoms with E-state index in [4.69, 9.17) is 4.42 Å². The molecule has 0 bridgehead atoms. The Bertz CT molecular complexity index is 863. The van der Waals surface area contributed by atoms with Crippen molar-refractivity contribution in [2.24, 2.45) is 12.0 Å². The van der Waals surface area contributed by atoms with Gasteiger partial charge < -0.3 is 9.73 Å². The van der Waals surface area contributed by atoms with E-state index in [2.05, 4.69) is 15.4 Å². The fourth-order valence-corrected chi connectivity index (χ4v) is 2.34. The van der Waals surface area contributed by atoms with Crippen molar-refractivity contribution in [3.05, 3.63) is 71.4 Å². The summed E-state index contributed by atoms with van der Waals surface area (Å²) >= 11 is 0. The molecule has 1 amide bonds. The minimum absolute atomic E-state index is 0.247. The fraction of sp³-hybridized carbons (Fsp3) is 0.167. The van der Waals surface area contributed by atoms with Crippen molar-refractivity contribution in [3.63, 3.8) is 0 Å². The van der Waals surface area contributed by atoms with Crippen LogP contribution in [0.25, 0.3) is 0 Å². The van der Waals surface area contributed by atoms with Gasteiger partial charge in [-0.25, -0.2) is 0 Å². The molecule has 0 aliphatic heterocycles. The lowest BCUT2D eigenvalue weighted by Gasteiger charge is -2.04. The predicted octanol–water partition coefficient (Wildman–Crippen LogP) is 3.00. The molecule has 0 atom stereocenters. The maximum Gasteiger partial charge on any atom is 0.272 e. The molecule has 0 aliphatic rings. The first-order valence-corrected chi connectivity index (χ1v) is 7.57. The number of carbonyl (C=O) groups is 1. The van der Waals surface area contributed by atoms with E-state index in [1.807, 2.05) is 31.2 Å². The summed E-state index contributed by atoms with van der Waals surface area (Å²) in [5.74, 6) is 0.443. The number of benzene rings is 1. The molecule has 0 unspecified atom stereocenters. The summed E-state index contributed by atoms with van der Waals surface area (Å²) in [6.45, 7) is 2.34. The summed E-state index contributed by atoms with van der Waals surface area (Å²) in [5.41, 5.74) is 3.06. The van der Waals surface area contributed by atoms with Gasteiger partial charge in [-0.1, -0.05) is 29.8 Å². The van der Waals surface area contributed by atoms with E-state index in [0.29, 0.717) is 23.7 Å². The number of hydrogen-bond donors (Lipinski definition) is 1. The van der Waals surface area contributed by atoms with Gasteiger partial charge in [-0.2, -0.15) is 5.10 Å². The monoisotopic (exact) mass is 322 g/mol. The van der Waals surface area contributed by atoms with Crippen LogP contribution in [-0.4, -0.2) is 21.9 Å². The summed E-state index contributed by atoms with van der Waals surface area (Å²) in [4.78, 5) is 16.8. The van der Waals surface area contributed by atoms with Gasteiger partial charge in [0.2, 0.25) is 0 Å². The Balaban J connectivity index is 1.76. The smallest absolute Gasteiger partial charge is 0.272 e. The van der Waals surface area contributed by atoms with Gasteiger partial charge in [0.05, 0.1) is 19.0 Å². The Hall–Kier alpha value is -3.15. The average Bonchev–Trinajstić information content (AvgIpc) is 3.20. The van der Waals surface area contributed by atoms with Crippen LogP contribution in [0.2, 0.25) is 0 Å². The second-order valence-corrected chi connectivity index (χ2v) is 5.44. The molecule has 0 aliphatic carbocycles. The van der Waals surface area contributed by atoms with Gasteiger partial charge in [0.1, 0.15) is 11.4 Å². The lowest BCUT2D eigenvalue weighted by Crippen LogP contribution is -2.25. The van der Waals surface area contributed by atoms with Crippen molar-refractivity contribution in [2.75, 3.05) is 0 Å². The molecule has 3 rings (SSSR count). The normalized spacial score (nSPS) is 11.1. The number of hydrogen-bond acceptors (Lipinski definition) is 4. The molecule has 3 aromatic rings. The first-order chi connectivity index (χ1) is 11.6. The van der Waals surface area contributed by atoms with Gasteiger partial charge in [-0.05, 0) is 24.6 Å². The largest absolute Gasteiger partial charge is 0.467 e. The SMILES string of the molecule is Cc1cccc(C=Nc2cnn(C)c2C(=O)NCc2ccco2)c1. The van der Waals surface area contributed by atoms with Crippen LogP contribution in [-0.2, 0) is 13.6 Å². The summed E-state index contributed by atoms with van der Waals surface area (Å²) in [5, 5.41) is 6.94. The van der Waals surface area contributed by atoms with Crippen LogP contribution in [0, 0.1) is 6.92 Å². The molecule has 0 saturated heterocycles. The number of aryl methyl sites for hydroxylation is 2. The number of carbonyl (C=O) groups excluding carboxylic acids is 1. The van der Waals surface area contributed by atoms with Gasteiger partial charge in [0, 0.05) is 13.3 Å². The standard InChI is InChI=1S/C18H18N4O2/c1-13-5-3-6-14(9-13)10-19-16-12-21-22(2)17(16)18(23)20-11-15-7-4-8-24-15/h3-10,12H,11H2,1-2H3,(H,20,23). The van der Waals surface area contributed by atoms with E-state index in [1.165, 1.54) is 4.68 Å². The van der Waals surface area contributed by atoms with Crippen LogP contribution >= 0.6 is 0 Å².